The molecule has 2 atom stereocenters. The van der Waals surface area contributed by atoms with Crippen LogP contribution in [0.5, 0.6) is 0 Å². The molecular formula is C14H13NO4. The van der Waals surface area contributed by atoms with Crippen molar-refractivity contribution in [3.05, 3.63) is 63.9 Å². The van der Waals surface area contributed by atoms with Gasteiger partial charge in [0.25, 0.3) is 5.70 Å². The second-order valence-electron chi connectivity index (χ2n) is 4.58. The molecule has 98 valence electrons. The van der Waals surface area contributed by atoms with E-state index in [0.717, 1.165) is 5.56 Å². The van der Waals surface area contributed by atoms with E-state index >= 15 is 0 Å². The molecule has 1 aromatic rings. The molecular weight excluding hydrogens is 246 g/mol. The number of carbonyl (C=O) groups is 1. The standard InChI is InChI=1S/C14H13NO4/c1-14(17)12(9-16)7-11(8-13(14)15(18)19)10-5-3-2-4-6-10/h2-9,12,17H,1H3. The Morgan fingerprint density at radius 1 is 1.37 bits per heavy atom. The summed E-state index contributed by atoms with van der Waals surface area (Å²) in [6, 6.07) is 9.03. The van der Waals surface area contributed by atoms with Gasteiger partial charge in [0.2, 0.25) is 0 Å². The van der Waals surface area contributed by atoms with Crippen LogP contribution in [0.25, 0.3) is 5.57 Å². The molecule has 1 N–H and O–H groups in total. The van der Waals surface area contributed by atoms with Crippen LogP contribution in [0.1, 0.15) is 12.5 Å². The highest BCUT2D eigenvalue weighted by atomic mass is 16.6. The largest absolute Gasteiger partial charge is 0.378 e. The van der Waals surface area contributed by atoms with Gasteiger partial charge in [0.1, 0.15) is 6.29 Å². The lowest BCUT2D eigenvalue weighted by atomic mass is 9.80. The number of aliphatic hydroxyl groups is 1. The first-order valence-corrected chi connectivity index (χ1v) is 5.78. The van der Waals surface area contributed by atoms with Gasteiger partial charge in [-0.15, -0.1) is 0 Å². The molecule has 19 heavy (non-hydrogen) atoms. The Morgan fingerprint density at radius 3 is 2.53 bits per heavy atom. The number of hydrogen-bond acceptors (Lipinski definition) is 4. The number of benzene rings is 1. The lowest BCUT2D eigenvalue weighted by Crippen LogP contribution is -2.41. The van der Waals surface area contributed by atoms with Crippen molar-refractivity contribution in [1.82, 2.24) is 0 Å². The maximum Gasteiger partial charge on any atom is 0.278 e. The summed E-state index contributed by atoms with van der Waals surface area (Å²) in [5.41, 5.74) is -0.824. The molecule has 0 spiro atoms. The Labute approximate surface area is 110 Å². The van der Waals surface area contributed by atoms with Crippen LogP contribution in [-0.4, -0.2) is 21.9 Å². The molecule has 0 saturated heterocycles. The first-order chi connectivity index (χ1) is 8.96. The summed E-state index contributed by atoms with van der Waals surface area (Å²) in [5.74, 6) is -0.937. The van der Waals surface area contributed by atoms with Crippen molar-refractivity contribution in [2.45, 2.75) is 12.5 Å². The predicted molar refractivity (Wildman–Crippen MR) is 69.7 cm³/mol. The van der Waals surface area contributed by atoms with E-state index in [2.05, 4.69) is 0 Å². The van der Waals surface area contributed by atoms with Gasteiger partial charge in [-0.2, -0.15) is 0 Å². The summed E-state index contributed by atoms with van der Waals surface area (Å²) in [7, 11) is 0. The summed E-state index contributed by atoms with van der Waals surface area (Å²) in [4.78, 5) is 21.5. The molecule has 2 rings (SSSR count). The van der Waals surface area contributed by atoms with E-state index < -0.39 is 16.4 Å². The number of nitro groups is 1. The van der Waals surface area contributed by atoms with Gasteiger partial charge in [0.15, 0.2) is 5.60 Å². The zero-order valence-electron chi connectivity index (χ0n) is 10.3. The minimum absolute atomic E-state index is 0.369. The van der Waals surface area contributed by atoms with Crippen LogP contribution >= 0.6 is 0 Å². The average Bonchev–Trinajstić information content (AvgIpc) is 2.38. The predicted octanol–water partition coefficient (Wildman–Crippen LogP) is 1.81. The Morgan fingerprint density at radius 2 is 2.00 bits per heavy atom. The van der Waals surface area contributed by atoms with Crippen molar-refractivity contribution in [2.75, 3.05) is 0 Å². The molecule has 0 radical (unpaired) electrons. The van der Waals surface area contributed by atoms with Gasteiger partial charge >= 0.3 is 0 Å². The molecule has 0 amide bonds. The fraction of sp³-hybridized carbons (Fsp3) is 0.214. The van der Waals surface area contributed by atoms with Gasteiger partial charge < -0.3 is 9.90 Å². The van der Waals surface area contributed by atoms with E-state index in [9.17, 15) is 20.0 Å². The summed E-state index contributed by atoms with van der Waals surface area (Å²) in [5, 5.41) is 21.2. The maximum absolute atomic E-state index is 11.1. The first-order valence-electron chi connectivity index (χ1n) is 5.78. The molecule has 0 heterocycles. The SMILES string of the molecule is CC1(O)C([N+](=O)[O-])=CC(c2ccccc2)=CC1C=O. The summed E-state index contributed by atoms with van der Waals surface area (Å²) >= 11 is 0. The van der Waals surface area contributed by atoms with Gasteiger partial charge in [-0.05, 0) is 18.1 Å². The molecule has 0 saturated carbocycles. The van der Waals surface area contributed by atoms with Crippen molar-refractivity contribution >= 4 is 11.9 Å². The van der Waals surface area contributed by atoms with E-state index in [0.29, 0.717) is 11.9 Å². The highest BCUT2D eigenvalue weighted by Gasteiger charge is 2.45. The normalized spacial score (nSPS) is 26.3. The van der Waals surface area contributed by atoms with Crippen molar-refractivity contribution in [3.63, 3.8) is 0 Å². The van der Waals surface area contributed by atoms with Crippen LogP contribution in [0.3, 0.4) is 0 Å². The number of rotatable bonds is 3. The van der Waals surface area contributed by atoms with Crippen molar-refractivity contribution < 1.29 is 14.8 Å². The maximum atomic E-state index is 11.1. The summed E-state index contributed by atoms with van der Waals surface area (Å²) < 4.78 is 0. The molecule has 1 aliphatic rings. The molecule has 0 fully saturated rings. The second-order valence-corrected chi connectivity index (χ2v) is 4.58. The van der Waals surface area contributed by atoms with Crippen LogP contribution in [0, 0.1) is 16.0 Å². The molecule has 0 bridgehead atoms. The van der Waals surface area contributed by atoms with Crippen LogP contribution in [-0.2, 0) is 4.79 Å². The Kier molecular flexibility index (Phi) is 3.31. The Hall–Kier alpha value is -2.27. The highest BCUT2D eigenvalue weighted by Crippen LogP contribution is 2.35. The van der Waals surface area contributed by atoms with Gasteiger partial charge in [0, 0.05) is 6.08 Å². The zero-order chi connectivity index (χ0) is 14.0. The van der Waals surface area contributed by atoms with Gasteiger partial charge in [-0.1, -0.05) is 36.4 Å². The fourth-order valence-corrected chi connectivity index (χ4v) is 2.09. The van der Waals surface area contributed by atoms with Crippen molar-refractivity contribution in [2.24, 2.45) is 5.92 Å². The molecule has 1 aliphatic carbocycles. The number of aldehydes is 1. The van der Waals surface area contributed by atoms with Gasteiger partial charge in [-0.25, -0.2) is 0 Å². The lowest BCUT2D eigenvalue weighted by Gasteiger charge is -2.28. The number of hydrogen-bond donors (Lipinski definition) is 1. The molecule has 2 unspecified atom stereocenters. The summed E-state index contributed by atoms with van der Waals surface area (Å²) in [6.45, 7) is 1.28. The topological polar surface area (TPSA) is 80.4 Å². The van der Waals surface area contributed by atoms with Crippen LogP contribution in [0.4, 0.5) is 0 Å². The number of nitrogens with zero attached hydrogens (tertiary/aromatic N) is 1. The Bertz CT molecular complexity index is 572. The smallest absolute Gasteiger partial charge is 0.278 e. The third-order valence-electron chi connectivity index (χ3n) is 3.27. The van der Waals surface area contributed by atoms with Crippen LogP contribution in [0.2, 0.25) is 0 Å². The van der Waals surface area contributed by atoms with Crippen LogP contribution in [0.15, 0.2) is 48.2 Å². The highest BCUT2D eigenvalue weighted by molar-refractivity contribution is 5.80. The van der Waals surface area contributed by atoms with E-state index in [1.807, 2.05) is 6.07 Å². The van der Waals surface area contributed by atoms with Crippen molar-refractivity contribution in [1.29, 1.82) is 0 Å². The minimum Gasteiger partial charge on any atom is -0.378 e. The van der Waals surface area contributed by atoms with E-state index in [1.165, 1.54) is 13.0 Å². The number of carbonyl (C=O) groups excluding carboxylic acids is 1. The lowest BCUT2D eigenvalue weighted by molar-refractivity contribution is -0.445. The van der Waals surface area contributed by atoms with E-state index in [4.69, 9.17) is 0 Å². The van der Waals surface area contributed by atoms with Crippen LogP contribution < -0.4 is 0 Å². The van der Waals surface area contributed by atoms with Gasteiger partial charge in [-0.3, -0.25) is 10.1 Å². The molecule has 1 aromatic carbocycles. The quantitative estimate of drug-likeness (QED) is 0.510. The average molecular weight is 259 g/mol. The van der Waals surface area contributed by atoms with E-state index in [-0.39, 0.29) is 5.70 Å². The number of allylic oxidation sites excluding steroid dienone is 2. The summed E-state index contributed by atoms with van der Waals surface area (Å²) in [6.07, 6.45) is 3.39. The third kappa shape index (κ3) is 2.32. The molecule has 0 aliphatic heterocycles. The van der Waals surface area contributed by atoms with E-state index in [1.54, 1.807) is 30.3 Å². The Balaban J connectivity index is 2.55. The fourth-order valence-electron chi connectivity index (χ4n) is 2.09. The monoisotopic (exact) mass is 259 g/mol. The molecule has 5 heteroatoms. The minimum atomic E-state index is -1.79. The molecule has 5 nitrogen and oxygen atoms in total. The third-order valence-corrected chi connectivity index (χ3v) is 3.27. The zero-order valence-corrected chi connectivity index (χ0v) is 10.3. The van der Waals surface area contributed by atoms with Crippen molar-refractivity contribution in [3.8, 4) is 0 Å². The second kappa shape index (κ2) is 4.78. The van der Waals surface area contributed by atoms with Gasteiger partial charge in [0.05, 0.1) is 10.8 Å². The first kappa shape index (κ1) is 13.2. The molecule has 0 aromatic heterocycles.